The molecule has 0 saturated carbocycles. The summed E-state index contributed by atoms with van der Waals surface area (Å²) >= 11 is 0. The van der Waals surface area contributed by atoms with Crippen LogP contribution in [0.15, 0.2) is 57.9 Å². The Labute approximate surface area is 167 Å². The Morgan fingerprint density at radius 2 is 1.90 bits per heavy atom. The second kappa shape index (κ2) is 8.79. The van der Waals surface area contributed by atoms with Crippen molar-refractivity contribution in [1.29, 1.82) is 0 Å². The molecule has 3 N–H and O–H groups in total. The predicted octanol–water partition coefficient (Wildman–Crippen LogP) is 3.88. The van der Waals surface area contributed by atoms with Crippen molar-refractivity contribution in [3.8, 4) is 17.2 Å². The molecule has 152 valence electrons. The number of rotatable bonds is 8. The van der Waals surface area contributed by atoms with Crippen LogP contribution in [0, 0.1) is 5.92 Å². The Morgan fingerprint density at radius 1 is 1.17 bits per heavy atom. The third kappa shape index (κ3) is 4.75. The van der Waals surface area contributed by atoms with Crippen LogP contribution < -0.4 is 15.5 Å². The van der Waals surface area contributed by atoms with Gasteiger partial charge in [0.1, 0.15) is 29.4 Å². The van der Waals surface area contributed by atoms with Crippen molar-refractivity contribution < 1.29 is 24.2 Å². The molecule has 1 atom stereocenters. The van der Waals surface area contributed by atoms with Crippen LogP contribution in [0.3, 0.4) is 0 Å². The summed E-state index contributed by atoms with van der Waals surface area (Å²) < 4.78 is 11.2. The summed E-state index contributed by atoms with van der Waals surface area (Å²) in [7, 11) is 0. The number of aliphatic carboxylic acids is 1. The van der Waals surface area contributed by atoms with E-state index in [1.165, 1.54) is 18.4 Å². The first-order valence-corrected chi connectivity index (χ1v) is 9.32. The minimum Gasteiger partial charge on any atom is -0.507 e. The molecule has 1 aromatic heterocycles. The topological polar surface area (TPSA) is 109 Å². The molecule has 0 aliphatic heterocycles. The van der Waals surface area contributed by atoms with Crippen molar-refractivity contribution in [2.24, 2.45) is 5.92 Å². The predicted molar refractivity (Wildman–Crippen MR) is 108 cm³/mol. The van der Waals surface area contributed by atoms with E-state index in [2.05, 4.69) is 5.32 Å². The van der Waals surface area contributed by atoms with Gasteiger partial charge in [0.05, 0.1) is 10.9 Å². The highest BCUT2D eigenvalue weighted by Crippen LogP contribution is 2.28. The highest BCUT2D eigenvalue weighted by Gasteiger charge is 2.21. The maximum absolute atomic E-state index is 12.8. The van der Waals surface area contributed by atoms with Crippen LogP contribution in [0.5, 0.6) is 17.2 Å². The standard InChI is InChI=1S/C22H23NO6/c1-13(2)10-17(22(26)27)23-11-16-18(24)9-8-15-20(25)19(12-28-21(15)16)29-14-6-4-3-5-7-14/h3-9,12-13,17,23-24H,10-11H2,1-2H3,(H,26,27). The van der Waals surface area contributed by atoms with Crippen molar-refractivity contribution in [2.75, 3.05) is 0 Å². The zero-order valence-corrected chi connectivity index (χ0v) is 16.2. The molecule has 7 nitrogen and oxygen atoms in total. The first-order valence-electron chi connectivity index (χ1n) is 9.32. The lowest BCUT2D eigenvalue weighted by molar-refractivity contribution is -0.140. The molecular weight excluding hydrogens is 374 g/mol. The van der Waals surface area contributed by atoms with Gasteiger partial charge in [-0.15, -0.1) is 0 Å². The number of carbonyl (C=O) groups is 1. The molecule has 7 heteroatoms. The van der Waals surface area contributed by atoms with Crippen molar-refractivity contribution in [2.45, 2.75) is 32.9 Å². The fourth-order valence-electron chi connectivity index (χ4n) is 3.05. The van der Waals surface area contributed by atoms with Gasteiger partial charge in [-0.25, -0.2) is 0 Å². The van der Waals surface area contributed by atoms with Crippen molar-refractivity contribution in [1.82, 2.24) is 5.32 Å². The Balaban J connectivity index is 1.92. The lowest BCUT2D eigenvalue weighted by Crippen LogP contribution is -2.37. The molecule has 3 rings (SSSR count). The number of aromatic hydroxyl groups is 1. The third-order valence-corrected chi connectivity index (χ3v) is 4.49. The molecule has 0 bridgehead atoms. The van der Waals surface area contributed by atoms with E-state index in [0.717, 1.165) is 0 Å². The fourth-order valence-corrected chi connectivity index (χ4v) is 3.05. The van der Waals surface area contributed by atoms with E-state index in [1.807, 2.05) is 19.9 Å². The molecule has 0 fully saturated rings. The van der Waals surface area contributed by atoms with E-state index in [1.54, 1.807) is 24.3 Å². The quantitative estimate of drug-likeness (QED) is 0.529. The summed E-state index contributed by atoms with van der Waals surface area (Å²) in [6.45, 7) is 3.90. The fraction of sp³-hybridized carbons (Fsp3) is 0.273. The van der Waals surface area contributed by atoms with Crippen LogP contribution in [0.1, 0.15) is 25.8 Å². The normalized spacial score (nSPS) is 12.2. The molecule has 0 aliphatic carbocycles. The largest absolute Gasteiger partial charge is 0.507 e. The molecular formula is C22H23NO6. The molecule has 1 unspecified atom stereocenters. The minimum absolute atomic E-state index is 0.0246. The van der Waals surface area contributed by atoms with Crippen LogP contribution in [-0.4, -0.2) is 22.2 Å². The number of benzene rings is 2. The number of hydrogen-bond acceptors (Lipinski definition) is 6. The number of fused-ring (bicyclic) bond motifs is 1. The van der Waals surface area contributed by atoms with Crippen LogP contribution >= 0.6 is 0 Å². The SMILES string of the molecule is CC(C)CC(NCc1c(O)ccc2c(=O)c(Oc3ccccc3)coc12)C(=O)O. The lowest BCUT2D eigenvalue weighted by Gasteiger charge is -2.17. The number of phenolic OH excluding ortho intramolecular Hbond substituents is 1. The minimum atomic E-state index is -0.974. The number of para-hydroxylation sites is 1. The molecule has 0 radical (unpaired) electrons. The van der Waals surface area contributed by atoms with Gasteiger partial charge in [-0.2, -0.15) is 0 Å². The van der Waals surface area contributed by atoms with Crippen LogP contribution in [0.2, 0.25) is 0 Å². The Morgan fingerprint density at radius 3 is 2.55 bits per heavy atom. The Kier molecular flexibility index (Phi) is 6.19. The highest BCUT2D eigenvalue weighted by molar-refractivity contribution is 5.83. The van der Waals surface area contributed by atoms with Gasteiger partial charge in [0, 0.05) is 6.54 Å². The summed E-state index contributed by atoms with van der Waals surface area (Å²) in [5, 5.41) is 22.8. The zero-order valence-electron chi connectivity index (χ0n) is 16.2. The molecule has 0 aliphatic rings. The first-order chi connectivity index (χ1) is 13.9. The molecule has 2 aromatic carbocycles. The third-order valence-electron chi connectivity index (χ3n) is 4.49. The monoisotopic (exact) mass is 397 g/mol. The van der Waals surface area contributed by atoms with Gasteiger partial charge in [-0.3, -0.25) is 9.59 Å². The molecule has 3 aromatic rings. The second-order valence-corrected chi connectivity index (χ2v) is 7.19. The summed E-state index contributed by atoms with van der Waals surface area (Å²) in [5.41, 5.74) is 0.130. The van der Waals surface area contributed by atoms with Gasteiger partial charge in [0.2, 0.25) is 11.2 Å². The van der Waals surface area contributed by atoms with Gasteiger partial charge in [-0.05, 0) is 36.6 Å². The average molecular weight is 397 g/mol. The first kappa shape index (κ1) is 20.4. The maximum Gasteiger partial charge on any atom is 0.320 e. The van der Waals surface area contributed by atoms with Crippen molar-refractivity contribution >= 4 is 16.9 Å². The maximum atomic E-state index is 12.8. The number of carboxylic acid groups (broad SMARTS) is 1. The van der Waals surface area contributed by atoms with Crippen molar-refractivity contribution in [3.05, 3.63) is 64.5 Å². The van der Waals surface area contributed by atoms with Gasteiger partial charge in [-0.1, -0.05) is 32.0 Å². The molecule has 1 heterocycles. The van der Waals surface area contributed by atoms with Crippen LogP contribution in [0.4, 0.5) is 0 Å². The van der Waals surface area contributed by atoms with Crippen molar-refractivity contribution in [3.63, 3.8) is 0 Å². The zero-order chi connectivity index (χ0) is 21.0. The molecule has 29 heavy (non-hydrogen) atoms. The number of carboxylic acids is 1. The van der Waals surface area contributed by atoms with Gasteiger partial charge < -0.3 is 24.7 Å². The Hall–Kier alpha value is -3.32. The number of nitrogens with one attached hydrogen (secondary N) is 1. The van der Waals surface area contributed by atoms with E-state index < -0.39 is 12.0 Å². The highest BCUT2D eigenvalue weighted by atomic mass is 16.5. The van der Waals surface area contributed by atoms with E-state index in [0.29, 0.717) is 17.7 Å². The average Bonchev–Trinajstić information content (AvgIpc) is 2.68. The summed E-state index contributed by atoms with van der Waals surface area (Å²) in [6, 6.07) is 10.9. The molecule has 0 amide bonds. The smallest absolute Gasteiger partial charge is 0.320 e. The Bertz CT molecular complexity index is 1060. The lowest BCUT2D eigenvalue weighted by atomic mass is 10.0. The number of hydrogen-bond donors (Lipinski definition) is 3. The van der Waals surface area contributed by atoms with Crippen LogP contribution in [-0.2, 0) is 11.3 Å². The summed E-state index contributed by atoms with van der Waals surface area (Å²) in [6.07, 6.45) is 1.63. The second-order valence-electron chi connectivity index (χ2n) is 7.19. The molecule has 0 spiro atoms. The van der Waals surface area contributed by atoms with Gasteiger partial charge >= 0.3 is 5.97 Å². The van der Waals surface area contributed by atoms with Crippen LogP contribution in [0.25, 0.3) is 11.0 Å². The van der Waals surface area contributed by atoms with E-state index >= 15 is 0 Å². The van der Waals surface area contributed by atoms with E-state index in [9.17, 15) is 19.8 Å². The van der Waals surface area contributed by atoms with E-state index in [-0.39, 0.29) is 40.4 Å². The summed E-state index contributed by atoms with van der Waals surface area (Å²) in [5.74, 6) is -0.355. The van der Waals surface area contributed by atoms with Gasteiger partial charge in [0.15, 0.2) is 0 Å². The number of ether oxygens (including phenoxy) is 1. The van der Waals surface area contributed by atoms with Gasteiger partial charge in [0.25, 0.3) is 0 Å². The summed E-state index contributed by atoms with van der Waals surface area (Å²) in [4.78, 5) is 24.3. The number of phenols is 1. The molecule has 0 saturated heterocycles. The van der Waals surface area contributed by atoms with E-state index in [4.69, 9.17) is 9.15 Å².